The van der Waals surface area contributed by atoms with E-state index in [1.165, 1.54) is 5.56 Å². The van der Waals surface area contributed by atoms with Crippen LogP contribution in [0.25, 0.3) is 0 Å². The number of hydrogen-bond donors (Lipinski definition) is 2. The molecule has 1 amide bonds. The van der Waals surface area contributed by atoms with Gasteiger partial charge in [-0.05, 0) is 40.6 Å². The zero-order chi connectivity index (χ0) is 16.1. The largest absolute Gasteiger partial charge is 0.480 e. The Balaban J connectivity index is 0.00000264. The van der Waals surface area contributed by atoms with Gasteiger partial charge in [-0.15, -0.1) is 12.4 Å². The molecule has 1 aliphatic rings. The molecule has 0 aromatic carbocycles. The fourth-order valence-electron chi connectivity index (χ4n) is 3.03. The first-order chi connectivity index (χ1) is 10.5. The predicted octanol–water partition coefficient (Wildman–Crippen LogP) is 2.26. The van der Waals surface area contributed by atoms with Crippen LogP contribution in [0.5, 0.6) is 0 Å². The van der Waals surface area contributed by atoms with Crippen LogP contribution in [0.1, 0.15) is 25.8 Å². The Morgan fingerprint density at radius 1 is 1.43 bits per heavy atom. The lowest BCUT2D eigenvalue weighted by molar-refractivity contribution is -0.138. The van der Waals surface area contributed by atoms with E-state index in [1.54, 1.807) is 11.3 Å². The van der Waals surface area contributed by atoms with Crippen molar-refractivity contribution in [1.29, 1.82) is 0 Å². The van der Waals surface area contributed by atoms with Crippen molar-refractivity contribution in [2.75, 3.05) is 19.6 Å². The summed E-state index contributed by atoms with van der Waals surface area (Å²) in [6.45, 7) is 5.65. The van der Waals surface area contributed by atoms with Crippen LogP contribution in [-0.4, -0.2) is 47.6 Å². The van der Waals surface area contributed by atoms with Gasteiger partial charge in [0, 0.05) is 25.6 Å². The first kappa shape index (κ1) is 19.9. The zero-order valence-corrected chi connectivity index (χ0v) is 15.2. The number of nitrogens with one attached hydrogen (secondary N) is 1. The minimum atomic E-state index is -0.813. The number of thiophene rings is 1. The summed E-state index contributed by atoms with van der Waals surface area (Å²) < 4.78 is 0. The maximum Gasteiger partial charge on any atom is 0.317 e. The third-order valence-corrected chi connectivity index (χ3v) is 4.96. The molecular formula is C16H25ClN2O3S. The number of amides is 1. The highest BCUT2D eigenvalue weighted by molar-refractivity contribution is 7.07. The summed E-state index contributed by atoms with van der Waals surface area (Å²) in [5.41, 5.74) is 1.19. The highest BCUT2D eigenvalue weighted by Gasteiger charge is 2.36. The van der Waals surface area contributed by atoms with E-state index in [0.29, 0.717) is 24.8 Å². The van der Waals surface area contributed by atoms with Crippen molar-refractivity contribution in [3.63, 3.8) is 0 Å². The minimum Gasteiger partial charge on any atom is -0.480 e. The lowest BCUT2D eigenvalue weighted by atomic mass is 9.91. The molecule has 1 saturated heterocycles. The summed E-state index contributed by atoms with van der Waals surface area (Å²) in [4.78, 5) is 24.9. The lowest BCUT2D eigenvalue weighted by Crippen LogP contribution is -2.42. The number of aryl methyl sites for hydroxylation is 1. The van der Waals surface area contributed by atoms with Crippen LogP contribution in [0.3, 0.4) is 0 Å². The molecule has 130 valence electrons. The second-order valence-electron chi connectivity index (χ2n) is 6.30. The van der Waals surface area contributed by atoms with Crippen LogP contribution in [0.2, 0.25) is 0 Å². The molecule has 1 aromatic heterocycles. The van der Waals surface area contributed by atoms with Crippen LogP contribution < -0.4 is 5.32 Å². The molecule has 1 aliphatic heterocycles. The van der Waals surface area contributed by atoms with E-state index in [1.807, 2.05) is 16.3 Å². The zero-order valence-electron chi connectivity index (χ0n) is 13.5. The molecule has 1 aromatic rings. The third-order valence-electron chi connectivity index (χ3n) is 4.22. The molecule has 2 atom stereocenters. The van der Waals surface area contributed by atoms with Gasteiger partial charge in [0.2, 0.25) is 5.91 Å². The van der Waals surface area contributed by atoms with E-state index in [-0.39, 0.29) is 30.9 Å². The van der Waals surface area contributed by atoms with E-state index in [2.05, 4.69) is 24.5 Å². The van der Waals surface area contributed by atoms with Gasteiger partial charge in [-0.1, -0.05) is 13.8 Å². The molecule has 0 spiro atoms. The fraction of sp³-hybridized carbons (Fsp3) is 0.625. The molecule has 2 heterocycles. The number of likely N-dealkylation sites (tertiary alicyclic amines) is 1. The van der Waals surface area contributed by atoms with Crippen molar-refractivity contribution >= 4 is 35.6 Å². The summed E-state index contributed by atoms with van der Waals surface area (Å²) in [7, 11) is 0. The first-order valence-corrected chi connectivity index (χ1v) is 8.64. The Morgan fingerprint density at radius 2 is 2.17 bits per heavy atom. The molecule has 0 bridgehead atoms. The van der Waals surface area contributed by atoms with Crippen LogP contribution >= 0.6 is 23.7 Å². The Bertz CT molecular complexity index is 507. The Morgan fingerprint density at radius 3 is 2.74 bits per heavy atom. The molecule has 23 heavy (non-hydrogen) atoms. The quantitative estimate of drug-likeness (QED) is 0.782. The SMILES string of the molecule is CC(C)[C@H]1CN(CC(=O)O)C[C@@H]1NC(=O)CCc1ccsc1.Cl. The van der Waals surface area contributed by atoms with Gasteiger partial charge in [0.25, 0.3) is 0 Å². The van der Waals surface area contributed by atoms with Gasteiger partial charge in [-0.3, -0.25) is 14.5 Å². The normalized spacial score (nSPS) is 21.2. The van der Waals surface area contributed by atoms with Crippen molar-refractivity contribution in [3.05, 3.63) is 22.4 Å². The monoisotopic (exact) mass is 360 g/mol. The molecule has 5 nitrogen and oxygen atoms in total. The number of carboxylic acids is 1. The number of halogens is 1. The molecule has 1 fully saturated rings. The molecule has 7 heteroatoms. The van der Waals surface area contributed by atoms with Crippen molar-refractivity contribution in [2.45, 2.75) is 32.7 Å². The van der Waals surface area contributed by atoms with E-state index >= 15 is 0 Å². The van der Waals surface area contributed by atoms with Gasteiger partial charge in [-0.2, -0.15) is 11.3 Å². The number of nitrogens with zero attached hydrogens (tertiary/aromatic N) is 1. The van der Waals surface area contributed by atoms with Crippen LogP contribution in [-0.2, 0) is 16.0 Å². The molecule has 2 rings (SSSR count). The highest BCUT2D eigenvalue weighted by atomic mass is 35.5. The molecular weight excluding hydrogens is 336 g/mol. The Kier molecular flexibility index (Phi) is 8.02. The van der Waals surface area contributed by atoms with Crippen LogP contribution in [0, 0.1) is 11.8 Å². The fourth-order valence-corrected chi connectivity index (χ4v) is 3.74. The van der Waals surface area contributed by atoms with Gasteiger partial charge >= 0.3 is 5.97 Å². The average molecular weight is 361 g/mol. The standard InChI is InChI=1S/C16H24N2O3S.ClH/c1-11(2)13-7-18(9-16(20)21)8-14(13)17-15(19)4-3-12-5-6-22-10-12;/h5-6,10-11,13-14H,3-4,7-9H2,1-2H3,(H,17,19)(H,20,21);1H/t13-,14+;/m1./s1. The molecule has 2 N–H and O–H groups in total. The van der Waals surface area contributed by atoms with Crippen molar-refractivity contribution < 1.29 is 14.7 Å². The first-order valence-electron chi connectivity index (χ1n) is 7.70. The maximum absolute atomic E-state index is 12.1. The number of carbonyl (C=O) groups excluding carboxylic acids is 1. The van der Waals surface area contributed by atoms with Gasteiger partial charge < -0.3 is 10.4 Å². The third kappa shape index (κ3) is 6.12. The summed E-state index contributed by atoms with van der Waals surface area (Å²) in [6.07, 6.45) is 1.24. The topological polar surface area (TPSA) is 69.6 Å². The highest BCUT2D eigenvalue weighted by Crippen LogP contribution is 2.24. The number of hydrogen-bond acceptors (Lipinski definition) is 4. The smallest absolute Gasteiger partial charge is 0.317 e. The van der Waals surface area contributed by atoms with Gasteiger partial charge in [0.1, 0.15) is 0 Å². The van der Waals surface area contributed by atoms with Gasteiger partial charge in [0.05, 0.1) is 6.54 Å². The second-order valence-corrected chi connectivity index (χ2v) is 7.08. The van der Waals surface area contributed by atoms with E-state index < -0.39 is 5.97 Å². The number of carbonyl (C=O) groups is 2. The van der Waals surface area contributed by atoms with Crippen LogP contribution in [0.15, 0.2) is 16.8 Å². The lowest BCUT2D eigenvalue weighted by Gasteiger charge is -2.23. The minimum absolute atomic E-state index is 0. The van der Waals surface area contributed by atoms with E-state index in [9.17, 15) is 9.59 Å². The van der Waals surface area contributed by atoms with Gasteiger partial charge in [0.15, 0.2) is 0 Å². The molecule has 0 aliphatic carbocycles. The van der Waals surface area contributed by atoms with E-state index in [0.717, 1.165) is 13.0 Å². The average Bonchev–Trinajstić information content (AvgIpc) is 3.05. The Labute approximate surface area is 147 Å². The molecule has 0 saturated carbocycles. The molecule has 0 unspecified atom stereocenters. The number of rotatable bonds is 7. The molecule has 0 radical (unpaired) electrons. The van der Waals surface area contributed by atoms with Gasteiger partial charge in [-0.25, -0.2) is 0 Å². The van der Waals surface area contributed by atoms with Crippen LogP contribution in [0.4, 0.5) is 0 Å². The van der Waals surface area contributed by atoms with Crippen molar-refractivity contribution in [2.24, 2.45) is 11.8 Å². The Hall–Kier alpha value is -1.11. The second kappa shape index (κ2) is 9.25. The van der Waals surface area contributed by atoms with Crippen molar-refractivity contribution in [1.82, 2.24) is 10.2 Å². The van der Waals surface area contributed by atoms with Crippen molar-refractivity contribution in [3.8, 4) is 0 Å². The number of aliphatic carboxylic acids is 1. The van der Waals surface area contributed by atoms with E-state index in [4.69, 9.17) is 5.11 Å². The summed E-state index contributed by atoms with van der Waals surface area (Å²) in [6, 6.07) is 2.09. The summed E-state index contributed by atoms with van der Waals surface area (Å²) in [5.74, 6) is -0.0311. The maximum atomic E-state index is 12.1. The number of carboxylic acid groups (broad SMARTS) is 1. The summed E-state index contributed by atoms with van der Waals surface area (Å²) in [5, 5.41) is 16.1. The summed E-state index contributed by atoms with van der Waals surface area (Å²) >= 11 is 1.64. The predicted molar refractivity (Wildman–Crippen MR) is 94.2 cm³/mol.